The summed E-state index contributed by atoms with van der Waals surface area (Å²) in [4.78, 5) is 0. The normalized spacial score (nSPS) is 13.1. The second-order valence-corrected chi connectivity index (χ2v) is 3.42. The highest BCUT2D eigenvalue weighted by Crippen LogP contribution is 2.29. The summed E-state index contributed by atoms with van der Waals surface area (Å²) in [7, 11) is 0. The zero-order valence-corrected chi connectivity index (χ0v) is 8.10. The maximum absolute atomic E-state index is 13.3. The average Bonchev–Trinajstić information content (AvgIpc) is 2.23. The molecule has 2 aromatic rings. The third kappa shape index (κ3) is 1.58. The number of alkyl halides is 1. The standard InChI is InChI=1S/C12H9F3/c1-7(13)10-6-11(14)12(15)9-5-3-2-4-8(9)10/h2-7H,1H3. The summed E-state index contributed by atoms with van der Waals surface area (Å²) in [5, 5.41) is 0.545. The predicted octanol–water partition coefficient (Wildman–Crippen LogP) is 4.15. The molecule has 2 aromatic carbocycles. The fourth-order valence-corrected chi connectivity index (χ4v) is 1.66. The minimum absolute atomic E-state index is 0.122. The summed E-state index contributed by atoms with van der Waals surface area (Å²) in [5.41, 5.74) is 0.185. The molecule has 1 atom stereocenters. The van der Waals surface area contributed by atoms with Gasteiger partial charge in [-0.05, 0) is 23.9 Å². The largest absolute Gasteiger partial charge is 0.243 e. The van der Waals surface area contributed by atoms with Crippen LogP contribution in [0.5, 0.6) is 0 Å². The Hall–Kier alpha value is -1.51. The first-order chi connectivity index (χ1) is 7.11. The van der Waals surface area contributed by atoms with Gasteiger partial charge >= 0.3 is 0 Å². The van der Waals surface area contributed by atoms with E-state index in [-0.39, 0.29) is 10.9 Å². The molecule has 0 N–H and O–H groups in total. The van der Waals surface area contributed by atoms with Crippen LogP contribution in [-0.2, 0) is 0 Å². The summed E-state index contributed by atoms with van der Waals surface area (Å²) in [6.07, 6.45) is -1.31. The van der Waals surface area contributed by atoms with Crippen LogP contribution in [0.3, 0.4) is 0 Å². The fraction of sp³-hybridized carbons (Fsp3) is 0.167. The summed E-state index contributed by atoms with van der Waals surface area (Å²) >= 11 is 0. The van der Waals surface area contributed by atoms with Crippen LogP contribution in [0.4, 0.5) is 13.2 Å². The molecule has 0 aromatic heterocycles. The van der Waals surface area contributed by atoms with Crippen molar-refractivity contribution in [3.8, 4) is 0 Å². The number of fused-ring (bicyclic) bond motifs is 1. The molecular weight excluding hydrogens is 201 g/mol. The molecule has 0 aliphatic rings. The molecule has 0 saturated carbocycles. The Morgan fingerprint density at radius 2 is 1.67 bits per heavy atom. The Labute approximate surface area is 85.3 Å². The highest BCUT2D eigenvalue weighted by Gasteiger charge is 2.14. The third-order valence-corrected chi connectivity index (χ3v) is 2.39. The monoisotopic (exact) mass is 210 g/mol. The number of hydrogen-bond donors (Lipinski definition) is 0. The molecule has 1 unspecified atom stereocenters. The molecule has 0 aliphatic carbocycles. The van der Waals surface area contributed by atoms with Crippen molar-refractivity contribution >= 4 is 10.8 Å². The van der Waals surface area contributed by atoms with E-state index in [1.165, 1.54) is 13.0 Å². The van der Waals surface area contributed by atoms with E-state index in [1.807, 2.05) is 0 Å². The van der Waals surface area contributed by atoms with E-state index in [2.05, 4.69) is 0 Å². The Morgan fingerprint density at radius 1 is 1.07 bits per heavy atom. The first-order valence-electron chi connectivity index (χ1n) is 4.62. The smallest absolute Gasteiger partial charge is 0.166 e. The molecule has 15 heavy (non-hydrogen) atoms. The van der Waals surface area contributed by atoms with Crippen LogP contribution >= 0.6 is 0 Å². The molecular formula is C12H9F3. The van der Waals surface area contributed by atoms with Crippen LogP contribution in [0.2, 0.25) is 0 Å². The molecule has 0 fully saturated rings. The number of halogens is 3. The first kappa shape index (κ1) is 10.0. The third-order valence-electron chi connectivity index (χ3n) is 2.39. The minimum Gasteiger partial charge on any atom is -0.243 e. The number of hydrogen-bond acceptors (Lipinski definition) is 0. The molecule has 0 radical (unpaired) electrons. The zero-order valence-electron chi connectivity index (χ0n) is 8.10. The molecule has 0 amide bonds. The van der Waals surface area contributed by atoms with Crippen LogP contribution in [0.15, 0.2) is 30.3 Å². The van der Waals surface area contributed by atoms with Crippen LogP contribution in [0.1, 0.15) is 18.7 Å². The first-order valence-corrected chi connectivity index (χ1v) is 4.62. The minimum atomic E-state index is -1.31. The van der Waals surface area contributed by atoms with E-state index >= 15 is 0 Å². The predicted molar refractivity (Wildman–Crippen MR) is 53.4 cm³/mol. The fourth-order valence-electron chi connectivity index (χ4n) is 1.66. The molecule has 0 saturated heterocycles. The van der Waals surface area contributed by atoms with E-state index in [1.54, 1.807) is 18.2 Å². The molecule has 78 valence electrons. The maximum Gasteiger partial charge on any atom is 0.166 e. The van der Waals surface area contributed by atoms with E-state index in [0.29, 0.717) is 5.39 Å². The van der Waals surface area contributed by atoms with Gasteiger partial charge in [-0.2, -0.15) is 0 Å². The van der Waals surface area contributed by atoms with Crippen LogP contribution in [-0.4, -0.2) is 0 Å². The van der Waals surface area contributed by atoms with Crippen molar-refractivity contribution in [1.29, 1.82) is 0 Å². The van der Waals surface area contributed by atoms with Crippen molar-refractivity contribution in [2.75, 3.05) is 0 Å². The lowest BCUT2D eigenvalue weighted by Crippen LogP contribution is -1.94. The Kier molecular flexibility index (Phi) is 2.39. The number of benzene rings is 2. The van der Waals surface area contributed by atoms with Crippen molar-refractivity contribution in [2.45, 2.75) is 13.1 Å². The second kappa shape index (κ2) is 3.57. The van der Waals surface area contributed by atoms with Gasteiger partial charge in [0.15, 0.2) is 11.6 Å². The lowest BCUT2D eigenvalue weighted by molar-refractivity contribution is 0.374. The van der Waals surface area contributed by atoms with E-state index < -0.39 is 17.8 Å². The van der Waals surface area contributed by atoms with Crippen molar-refractivity contribution < 1.29 is 13.2 Å². The zero-order chi connectivity index (χ0) is 11.0. The molecule has 0 heterocycles. The summed E-state index contributed by atoms with van der Waals surface area (Å²) in [5.74, 6) is -1.93. The van der Waals surface area contributed by atoms with Gasteiger partial charge in [0.2, 0.25) is 0 Å². The SMILES string of the molecule is CC(F)c1cc(F)c(F)c2ccccc12. The van der Waals surface area contributed by atoms with Crippen molar-refractivity contribution in [3.05, 3.63) is 47.5 Å². The quantitative estimate of drug-likeness (QED) is 0.663. The van der Waals surface area contributed by atoms with Crippen LogP contribution in [0, 0.1) is 11.6 Å². The lowest BCUT2D eigenvalue weighted by atomic mass is 10.0. The summed E-state index contributed by atoms with van der Waals surface area (Å²) in [6.45, 7) is 1.30. The van der Waals surface area contributed by atoms with Gasteiger partial charge in [0.1, 0.15) is 6.17 Å². The molecule has 0 nitrogen and oxygen atoms in total. The highest BCUT2D eigenvalue weighted by molar-refractivity contribution is 5.86. The van der Waals surface area contributed by atoms with E-state index in [0.717, 1.165) is 6.07 Å². The van der Waals surface area contributed by atoms with Gasteiger partial charge in [0, 0.05) is 5.39 Å². The van der Waals surface area contributed by atoms with Gasteiger partial charge in [0.25, 0.3) is 0 Å². The van der Waals surface area contributed by atoms with Gasteiger partial charge < -0.3 is 0 Å². The Balaban J connectivity index is 2.88. The van der Waals surface area contributed by atoms with E-state index in [9.17, 15) is 13.2 Å². The molecule has 3 heteroatoms. The summed E-state index contributed by atoms with van der Waals surface area (Å²) in [6, 6.07) is 7.22. The summed E-state index contributed by atoms with van der Waals surface area (Å²) < 4.78 is 39.7. The number of rotatable bonds is 1. The Morgan fingerprint density at radius 3 is 2.27 bits per heavy atom. The Bertz CT molecular complexity index is 503. The van der Waals surface area contributed by atoms with Gasteiger partial charge in [-0.15, -0.1) is 0 Å². The lowest BCUT2D eigenvalue weighted by Gasteiger charge is -2.08. The van der Waals surface area contributed by atoms with Crippen LogP contribution < -0.4 is 0 Å². The molecule has 0 spiro atoms. The van der Waals surface area contributed by atoms with Crippen molar-refractivity contribution in [3.63, 3.8) is 0 Å². The highest BCUT2D eigenvalue weighted by atomic mass is 19.2. The molecule has 0 aliphatic heterocycles. The van der Waals surface area contributed by atoms with E-state index in [4.69, 9.17) is 0 Å². The van der Waals surface area contributed by atoms with Gasteiger partial charge in [0.05, 0.1) is 0 Å². The molecule has 2 rings (SSSR count). The van der Waals surface area contributed by atoms with Gasteiger partial charge in [-0.1, -0.05) is 24.3 Å². The second-order valence-electron chi connectivity index (χ2n) is 3.42. The average molecular weight is 210 g/mol. The van der Waals surface area contributed by atoms with Crippen molar-refractivity contribution in [2.24, 2.45) is 0 Å². The van der Waals surface area contributed by atoms with Crippen LogP contribution in [0.25, 0.3) is 10.8 Å². The maximum atomic E-state index is 13.3. The topological polar surface area (TPSA) is 0 Å². The van der Waals surface area contributed by atoms with Crippen molar-refractivity contribution in [1.82, 2.24) is 0 Å². The van der Waals surface area contributed by atoms with Gasteiger partial charge in [-0.3, -0.25) is 0 Å². The molecule has 0 bridgehead atoms. The van der Waals surface area contributed by atoms with Gasteiger partial charge in [-0.25, -0.2) is 13.2 Å².